The number of halogens is 5. The lowest BCUT2D eigenvalue weighted by Crippen LogP contribution is -2.11. The van der Waals surface area contributed by atoms with Crippen LogP contribution in [0.4, 0.5) is 18.9 Å². The maximum absolute atomic E-state index is 12.9. The van der Waals surface area contributed by atoms with Crippen molar-refractivity contribution in [2.75, 3.05) is 5.32 Å². The number of phenolic OH excluding ortho intramolecular Hbond substituents is 1. The van der Waals surface area contributed by atoms with Crippen LogP contribution in [0.1, 0.15) is 11.1 Å². The summed E-state index contributed by atoms with van der Waals surface area (Å²) in [5.74, 6) is -0.0625. The van der Waals surface area contributed by atoms with E-state index in [0.29, 0.717) is 10.6 Å². The van der Waals surface area contributed by atoms with Gasteiger partial charge < -0.3 is 10.4 Å². The van der Waals surface area contributed by atoms with Gasteiger partial charge in [0.1, 0.15) is 5.75 Å². The van der Waals surface area contributed by atoms with Crippen molar-refractivity contribution in [3.8, 4) is 5.75 Å². The van der Waals surface area contributed by atoms with Gasteiger partial charge in [0, 0.05) is 17.1 Å². The highest BCUT2D eigenvalue weighted by molar-refractivity contribution is 6.33. The van der Waals surface area contributed by atoms with Gasteiger partial charge >= 0.3 is 6.18 Å². The fourth-order valence-corrected chi connectivity index (χ4v) is 2.26. The van der Waals surface area contributed by atoms with Crippen molar-refractivity contribution < 1.29 is 18.3 Å². The third-order valence-electron chi connectivity index (χ3n) is 2.82. The number of aromatic hydroxyl groups is 1. The predicted molar refractivity (Wildman–Crippen MR) is 76.9 cm³/mol. The number of benzene rings is 2. The molecule has 2 aromatic carbocycles. The standard InChI is InChI=1S/C14H10Cl2F3NO/c15-9-4-5-12(21)8(6-9)7-20-13-10(14(17,18)19)2-1-3-11(13)16/h1-6,20-21H,7H2. The van der Waals surface area contributed by atoms with E-state index in [1.165, 1.54) is 30.3 Å². The molecule has 7 heteroatoms. The minimum Gasteiger partial charge on any atom is -0.508 e. The van der Waals surface area contributed by atoms with Crippen molar-refractivity contribution in [3.05, 3.63) is 57.6 Å². The van der Waals surface area contributed by atoms with Crippen LogP contribution in [0.5, 0.6) is 5.75 Å². The molecule has 0 bridgehead atoms. The molecule has 0 amide bonds. The Labute approximate surface area is 129 Å². The van der Waals surface area contributed by atoms with Gasteiger partial charge in [0.2, 0.25) is 0 Å². The molecule has 0 saturated carbocycles. The van der Waals surface area contributed by atoms with E-state index < -0.39 is 11.7 Å². The van der Waals surface area contributed by atoms with E-state index in [4.69, 9.17) is 23.2 Å². The zero-order valence-corrected chi connectivity index (χ0v) is 12.0. The molecule has 0 atom stereocenters. The Morgan fingerprint density at radius 1 is 1.10 bits per heavy atom. The first-order valence-electron chi connectivity index (χ1n) is 5.86. The molecular weight excluding hydrogens is 326 g/mol. The van der Waals surface area contributed by atoms with E-state index in [9.17, 15) is 18.3 Å². The lowest BCUT2D eigenvalue weighted by atomic mass is 10.1. The Hall–Kier alpha value is -1.59. The summed E-state index contributed by atoms with van der Waals surface area (Å²) in [7, 11) is 0. The number of rotatable bonds is 3. The average Bonchev–Trinajstić information content (AvgIpc) is 2.39. The Morgan fingerprint density at radius 2 is 1.81 bits per heavy atom. The maximum Gasteiger partial charge on any atom is 0.418 e. The van der Waals surface area contributed by atoms with Gasteiger partial charge in [-0.15, -0.1) is 0 Å². The lowest BCUT2D eigenvalue weighted by Gasteiger charge is -2.16. The van der Waals surface area contributed by atoms with Crippen LogP contribution in [-0.4, -0.2) is 5.11 Å². The van der Waals surface area contributed by atoms with Crippen LogP contribution in [0, 0.1) is 0 Å². The van der Waals surface area contributed by atoms with Crippen molar-refractivity contribution in [3.63, 3.8) is 0 Å². The average molecular weight is 336 g/mol. The molecule has 0 aliphatic rings. The lowest BCUT2D eigenvalue weighted by molar-refractivity contribution is -0.136. The van der Waals surface area contributed by atoms with Crippen LogP contribution in [-0.2, 0) is 12.7 Å². The largest absolute Gasteiger partial charge is 0.508 e. The number of alkyl halides is 3. The first-order valence-corrected chi connectivity index (χ1v) is 6.61. The summed E-state index contributed by atoms with van der Waals surface area (Å²) in [4.78, 5) is 0. The molecule has 2 aromatic rings. The van der Waals surface area contributed by atoms with E-state index in [-0.39, 0.29) is 23.0 Å². The van der Waals surface area contributed by atoms with Crippen molar-refractivity contribution in [1.29, 1.82) is 0 Å². The van der Waals surface area contributed by atoms with E-state index in [1.807, 2.05) is 0 Å². The molecule has 0 aliphatic carbocycles. The molecule has 0 spiro atoms. The number of hydrogen-bond acceptors (Lipinski definition) is 2. The van der Waals surface area contributed by atoms with E-state index >= 15 is 0 Å². The van der Waals surface area contributed by atoms with Crippen LogP contribution in [0.2, 0.25) is 10.0 Å². The molecule has 0 saturated heterocycles. The summed E-state index contributed by atoms with van der Waals surface area (Å²) in [5.41, 5.74) is -0.724. The number of para-hydroxylation sites is 1. The highest BCUT2D eigenvalue weighted by atomic mass is 35.5. The van der Waals surface area contributed by atoms with Gasteiger partial charge in [-0.2, -0.15) is 13.2 Å². The second-order valence-electron chi connectivity index (χ2n) is 4.29. The highest BCUT2D eigenvalue weighted by Gasteiger charge is 2.34. The maximum atomic E-state index is 12.9. The Bertz CT molecular complexity index is 659. The first-order chi connectivity index (χ1) is 9.79. The topological polar surface area (TPSA) is 32.3 Å². The molecule has 21 heavy (non-hydrogen) atoms. The molecule has 2 N–H and O–H groups in total. The van der Waals surface area contributed by atoms with Crippen LogP contribution in [0.15, 0.2) is 36.4 Å². The normalized spacial score (nSPS) is 11.5. The van der Waals surface area contributed by atoms with Gasteiger partial charge in [0.05, 0.1) is 16.3 Å². The van der Waals surface area contributed by atoms with E-state index in [0.717, 1.165) is 6.07 Å². The van der Waals surface area contributed by atoms with Crippen LogP contribution in [0.3, 0.4) is 0 Å². The number of anilines is 1. The van der Waals surface area contributed by atoms with Crippen LogP contribution >= 0.6 is 23.2 Å². The van der Waals surface area contributed by atoms with Crippen molar-refractivity contribution in [2.45, 2.75) is 12.7 Å². The minimum atomic E-state index is -4.52. The van der Waals surface area contributed by atoms with Gasteiger partial charge in [-0.3, -0.25) is 0 Å². The second-order valence-corrected chi connectivity index (χ2v) is 5.13. The van der Waals surface area contributed by atoms with Crippen molar-refractivity contribution >= 4 is 28.9 Å². The Kier molecular flexibility index (Phi) is 4.54. The van der Waals surface area contributed by atoms with Gasteiger partial charge in [0.15, 0.2) is 0 Å². The Balaban J connectivity index is 2.30. The van der Waals surface area contributed by atoms with Gasteiger partial charge in [0.25, 0.3) is 0 Å². The third-order valence-corrected chi connectivity index (χ3v) is 3.37. The molecule has 0 fully saturated rings. The monoisotopic (exact) mass is 335 g/mol. The molecule has 0 unspecified atom stereocenters. The highest BCUT2D eigenvalue weighted by Crippen LogP contribution is 2.38. The molecule has 112 valence electrons. The molecule has 0 aliphatic heterocycles. The number of hydrogen-bond donors (Lipinski definition) is 2. The second kappa shape index (κ2) is 6.03. The molecule has 2 rings (SSSR count). The molecular formula is C14H10Cl2F3NO. The number of nitrogens with one attached hydrogen (secondary N) is 1. The molecule has 0 radical (unpaired) electrons. The number of phenols is 1. The summed E-state index contributed by atoms with van der Waals surface area (Å²) in [6.07, 6.45) is -4.52. The van der Waals surface area contributed by atoms with Crippen LogP contribution in [0.25, 0.3) is 0 Å². The zero-order valence-electron chi connectivity index (χ0n) is 10.5. The zero-order chi connectivity index (χ0) is 15.6. The van der Waals surface area contributed by atoms with E-state index in [1.54, 1.807) is 0 Å². The van der Waals surface area contributed by atoms with Gasteiger partial charge in [-0.25, -0.2) is 0 Å². The van der Waals surface area contributed by atoms with Gasteiger partial charge in [-0.1, -0.05) is 29.3 Å². The quantitative estimate of drug-likeness (QED) is 0.794. The summed E-state index contributed by atoms with van der Waals surface area (Å²) in [6, 6.07) is 7.85. The van der Waals surface area contributed by atoms with Crippen LogP contribution < -0.4 is 5.32 Å². The SMILES string of the molecule is Oc1ccc(Cl)cc1CNc1c(Cl)cccc1C(F)(F)F. The minimum absolute atomic E-state index is 0.0425. The summed E-state index contributed by atoms with van der Waals surface area (Å²) in [5, 5.41) is 12.6. The molecule has 0 aromatic heterocycles. The van der Waals surface area contributed by atoms with Crippen molar-refractivity contribution in [2.24, 2.45) is 0 Å². The molecule has 0 heterocycles. The summed E-state index contributed by atoms with van der Waals surface area (Å²) >= 11 is 11.6. The third kappa shape index (κ3) is 3.74. The summed E-state index contributed by atoms with van der Waals surface area (Å²) in [6.45, 7) is -0.0425. The molecule has 2 nitrogen and oxygen atoms in total. The first kappa shape index (κ1) is 15.8. The summed E-state index contributed by atoms with van der Waals surface area (Å²) < 4.78 is 38.8. The van der Waals surface area contributed by atoms with E-state index in [2.05, 4.69) is 5.32 Å². The smallest absolute Gasteiger partial charge is 0.418 e. The van der Waals surface area contributed by atoms with Gasteiger partial charge in [-0.05, 0) is 30.3 Å². The van der Waals surface area contributed by atoms with Crippen molar-refractivity contribution in [1.82, 2.24) is 0 Å². The Morgan fingerprint density at radius 3 is 2.48 bits per heavy atom. The predicted octanol–water partition coefficient (Wildman–Crippen LogP) is 5.33. The fraction of sp³-hybridized carbons (Fsp3) is 0.143. The fourth-order valence-electron chi connectivity index (χ4n) is 1.82.